The fourth-order valence-corrected chi connectivity index (χ4v) is 3.54. The molecule has 1 heterocycles. The Bertz CT molecular complexity index is 654. The van der Waals surface area contributed by atoms with Gasteiger partial charge in [-0.05, 0) is 78.6 Å². The predicted octanol–water partition coefficient (Wildman–Crippen LogP) is 5.23. The van der Waals surface area contributed by atoms with Crippen LogP contribution in [0.2, 0.25) is 0 Å². The molecule has 0 bridgehead atoms. The highest BCUT2D eigenvalue weighted by Crippen LogP contribution is 2.36. The van der Waals surface area contributed by atoms with Gasteiger partial charge in [0, 0.05) is 14.8 Å². The molecule has 2 aromatic carbocycles. The summed E-state index contributed by atoms with van der Waals surface area (Å²) in [4.78, 5) is 0. The van der Waals surface area contributed by atoms with Gasteiger partial charge in [0.15, 0.2) is 0 Å². The van der Waals surface area contributed by atoms with Gasteiger partial charge in [-0.1, -0.05) is 18.2 Å². The van der Waals surface area contributed by atoms with Crippen molar-refractivity contribution < 1.29 is 4.74 Å². The van der Waals surface area contributed by atoms with Gasteiger partial charge in [-0.3, -0.25) is 0 Å². The van der Waals surface area contributed by atoms with Crippen molar-refractivity contribution in [3.05, 3.63) is 56.7 Å². The van der Waals surface area contributed by atoms with E-state index in [0.717, 1.165) is 25.2 Å². The molecule has 3 rings (SSSR count). The molecule has 1 atom stereocenters. The maximum atomic E-state index is 5.96. The number of anilines is 1. The number of ether oxygens (including phenoxy) is 1. The van der Waals surface area contributed by atoms with Gasteiger partial charge in [-0.2, -0.15) is 0 Å². The van der Waals surface area contributed by atoms with Gasteiger partial charge in [0.2, 0.25) is 0 Å². The summed E-state index contributed by atoms with van der Waals surface area (Å²) in [6, 6.07) is 13.3. The molecule has 2 aromatic rings. The Morgan fingerprint density at radius 3 is 2.81 bits per heavy atom. The number of nitrogens with one attached hydrogen (secondary N) is 1. The molecular formula is C18H20INO. The third-order valence-electron chi connectivity index (χ3n) is 4.02. The molecule has 1 aliphatic heterocycles. The highest BCUT2D eigenvalue weighted by molar-refractivity contribution is 14.1. The van der Waals surface area contributed by atoms with Crippen molar-refractivity contribution in [2.45, 2.75) is 32.7 Å². The van der Waals surface area contributed by atoms with E-state index in [1.807, 2.05) is 0 Å². The lowest BCUT2D eigenvalue weighted by atomic mass is 9.99. The van der Waals surface area contributed by atoms with Crippen molar-refractivity contribution in [3.63, 3.8) is 0 Å². The molecular weight excluding hydrogens is 373 g/mol. The first kappa shape index (κ1) is 14.7. The normalized spacial score (nSPS) is 17.6. The van der Waals surface area contributed by atoms with E-state index in [1.165, 1.54) is 25.9 Å². The van der Waals surface area contributed by atoms with Crippen molar-refractivity contribution in [1.29, 1.82) is 0 Å². The molecule has 0 fully saturated rings. The number of aryl methyl sites for hydroxylation is 2. The van der Waals surface area contributed by atoms with Crippen LogP contribution >= 0.6 is 22.6 Å². The zero-order valence-electron chi connectivity index (χ0n) is 12.4. The summed E-state index contributed by atoms with van der Waals surface area (Å²) in [6.45, 7) is 5.09. The van der Waals surface area contributed by atoms with Crippen LogP contribution in [0.1, 0.15) is 35.6 Å². The Hall–Kier alpha value is -1.23. The highest BCUT2D eigenvalue weighted by Gasteiger charge is 2.21. The lowest BCUT2D eigenvalue weighted by molar-refractivity contribution is 0.314. The quantitative estimate of drug-likeness (QED) is 0.706. The van der Waals surface area contributed by atoms with Crippen LogP contribution in [0, 0.1) is 17.4 Å². The number of para-hydroxylation sites is 1. The van der Waals surface area contributed by atoms with Gasteiger partial charge in [0.05, 0.1) is 12.6 Å². The second kappa shape index (κ2) is 6.26. The summed E-state index contributed by atoms with van der Waals surface area (Å²) < 4.78 is 7.23. The first-order valence-electron chi connectivity index (χ1n) is 7.40. The Balaban J connectivity index is 1.94. The van der Waals surface area contributed by atoms with E-state index in [9.17, 15) is 0 Å². The summed E-state index contributed by atoms with van der Waals surface area (Å²) in [6.07, 6.45) is 2.18. The van der Waals surface area contributed by atoms with Gasteiger partial charge in [0.1, 0.15) is 5.75 Å². The second-order valence-corrected chi connectivity index (χ2v) is 6.89. The zero-order valence-corrected chi connectivity index (χ0v) is 14.6. The molecule has 0 amide bonds. The van der Waals surface area contributed by atoms with E-state index in [2.05, 4.69) is 78.2 Å². The van der Waals surface area contributed by atoms with Crippen molar-refractivity contribution in [3.8, 4) is 5.75 Å². The maximum absolute atomic E-state index is 5.96. The van der Waals surface area contributed by atoms with Crippen LogP contribution in [0.3, 0.4) is 0 Å². The van der Waals surface area contributed by atoms with Crippen LogP contribution in [-0.4, -0.2) is 6.61 Å². The summed E-state index contributed by atoms with van der Waals surface area (Å²) >= 11 is 2.36. The number of hydrogen-bond donors (Lipinski definition) is 1. The lowest BCUT2D eigenvalue weighted by Crippen LogP contribution is -2.11. The standard InChI is InChI=1S/C18H20INO/c1-12-5-3-6-15-17(7-4-10-21-18(12)15)20-16-9-8-14(19)11-13(16)2/h3,5-6,8-9,11,17,20H,4,7,10H2,1-2H3. The SMILES string of the molecule is Cc1cc(I)ccc1NC1CCCOc2c(C)cccc21. The molecule has 21 heavy (non-hydrogen) atoms. The molecule has 0 saturated heterocycles. The molecule has 1 unspecified atom stereocenters. The highest BCUT2D eigenvalue weighted by atomic mass is 127. The van der Waals surface area contributed by atoms with E-state index in [1.54, 1.807) is 0 Å². The summed E-state index contributed by atoms with van der Waals surface area (Å²) in [7, 11) is 0. The van der Waals surface area contributed by atoms with Crippen LogP contribution < -0.4 is 10.1 Å². The molecule has 0 saturated carbocycles. The van der Waals surface area contributed by atoms with Crippen LogP contribution in [0.5, 0.6) is 5.75 Å². The van der Waals surface area contributed by atoms with Crippen LogP contribution in [-0.2, 0) is 0 Å². The minimum atomic E-state index is 0.321. The van der Waals surface area contributed by atoms with Crippen molar-refractivity contribution in [2.75, 3.05) is 11.9 Å². The van der Waals surface area contributed by atoms with Gasteiger partial charge >= 0.3 is 0 Å². The van der Waals surface area contributed by atoms with E-state index in [-0.39, 0.29) is 0 Å². The third-order valence-corrected chi connectivity index (χ3v) is 4.69. The van der Waals surface area contributed by atoms with Gasteiger partial charge in [-0.15, -0.1) is 0 Å². The van der Waals surface area contributed by atoms with E-state index < -0.39 is 0 Å². The minimum Gasteiger partial charge on any atom is -0.493 e. The first-order valence-corrected chi connectivity index (χ1v) is 8.48. The van der Waals surface area contributed by atoms with Gasteiger partial charge in [-0.25, -0.2) is 0 Å². The largest absolute Gasteiger partial charge is 0.493 e. The van der Waals surface area contributed by atoms with Gasteiger partial charge in [0.25, 0.3) is 0 Å². The molecule has 0 aliphatic carbocycles. The van der Waals surface area contributed by atoms with Crippen molar-refractivity contribution >= 4 is 28.3 Å². The average molecular weight is 393 g/mol. The van der Waals surface area contributed by atoms with Crippen molar-refractivity contribution in [2.24, 2.45) is 0 Å². The van der Waals surface area contributed by atoms with E-state index in [0.29, 0.717) is 6.04 Å². The smallest absolute Gasteiger partial charge is 0.127 e. The molecule has 110 valence electrons. The summed E-state index contributed by atoms with van der Waals surface area (Å²) in [5.74, 6) is 1.07. The average Bonchev–Trinajstić information content (AvgIpc) is 2.66. The Morgan fingerprint density at radius 1 is 1.14 bits per heavy atom. The zero-order chi connectivity index (χ0) is 14.8. The Labute approximate surface area is 140 Å². The Kier molecular flexibility index (Phi) is 4.38. The maximum Gasteiger partial charge on any atom is 0.127 e. The molecule has 1 aliphatic rings. The van der Waals surface area contributed by atoms with E-state index >= 15 is 0 Å². The monoisotopic (exact) mass is 393 g/mol. The number of benzene rings is 2. The van der Waals surface area contributed by atoms with Crippen LogP contribution in [0.4, 0.5) is 5.69 Å². The topological polar surface area (TPSA) is 21.3 Å². The van der Waals surface area contributed by atoms with Crippen LogP contribution in [0.25, 0.3) is 0 Å². The van der Waals surface area contributed by atoms with Gasteiger partial charge < -0.3 is 10.1 Å². The first-order chi connectivity index (χ1) is 10.1. The fraction of sp³-hybridized carbons (Fsp3) is 0.333. The van der Waals surface area contributed by atoms with E-state index in [4.69, 9.17) is 4.74 Å². The molecule has 2 nitrogen and oxygen atoms in total. The minimum absolute atomic E-state index is 0.321. The molecule has 0 spiro atoms. The number of fused-ring (bicyclic) bond motifs is 1. The molecule has 1 N–H and O–H groups in total. The molecule has 0 radical (unpaired) electrons. The van der Waals surface area contributed by atoms with Crippen LogP contribution in [0.15, 0.2) is 36.4 Å². The molecule has 0 aromatic heterocycles. The predicted molar refractivity (Wildman–Crippen MR) is 96.2 cm³/mol. The second-order valence-electron chi connectivity index (χ2n) is 5.64. The number of hydrogen-bond acceptors (Lipinski definition) is 2. The fourth-order valence-electron chi connectivity index (χ4n) is 2.89. The molecule has 3 heteroatoms. The Morgan fingerprint density at radius 2 is 2.00 bits per heavy atom. The number of halogens is 1. The third kappa shape index (κ3) is 3.18. The summed E-state index contributed by atoms with van der Waals surface area (Å²) in [5, 5.41) is 3.72. The number of rotatable bonds is 2. The summed E-state index contributed by atoms with van der Waals surface area (Å²) in [5.41, 5.74) is 5.02. The lowest BCUT2D eigenvalue weighted by Gasteiger charge is -2.21. The van der Waals surface area contributed by atoms with Crippen molar-refractivity contribution in [1.82, 2.24) is 0 Å².